The van der Waals surface area contributed by atoms with E-state index in [9.17, 15) is 21.6 Å². The van der Waals surface area contributed by atoms with E-state index in [1.807, 2.05) is 0 Å². The molecule has 3 rings (SSSR count). The minimum atomic E-state index is -3.70. The number of amides is 1. The molecule has 0 aromatic carbocycles. The Bertz CT molecular complexity index is 912. The molecule has 0 atom stereocenters. The molecule has 1 amide bonds. The molecule has 158 valence electrons. The number of sulfonamides is 2. The van der Waals surface area contributed by atoms with Gasteiger partial charge < -0.3 is 14.5 Å². The molecule has 1 aromatic rings. The maximum Gasteiger partial charge on any atom is 0.287 e. The highest BCUT2D eigenvalue weighted by atomic mass is 32.2. The molecule has 0 unspecified atom stereocenters. The van der Waals surface area contributed by atoms with E-state index in [-0.39, 0.29) is 28.7 Å². The van der Waals surface area contributed by atoms with E-state index in [1.54, 1.807) is 0 Å². The third-order valence-electron chi connectivity index (χ3n) is 4.79. The van der Waals surface area contributed by atoms with Gasteiger partial charge >= 0.3 is 0 Å². The van der Waals surface area contributed by atoms with Crippen molar-refractivity contribution in [1.82, 2.24) is 13.9 Å². The predicted molar refractivity (Wildman–Crippen MR) is 99.9 cm³/mol. The van der Waals surface area contributed by atoms with E-state index in [4.69, 9.17) is 9.15 Å². The van der Waals surface area contributed by atoms with Crippen molar-refractivity contribution in [3.8, 4) is 0 Å². The molecule has 2 aliphatic rings. The number of nitrogens with zero attached hydrogens (tertiary/aromatic N) is 2. The van der Waals surface area contributed by atoms with Gasteiger partial charge in [0.1, 0.15) is 10.7 Å². The van der Waals surface area contributed by atoms with Gasteiger partial charge in [-0.1, -0.05) is 0 Å². The number of carbonyl (C=O) groups excluding carboxylic acids is 1. The molecule has 12 heteroatoms. The fourth-order valence-corrected chi connectivity index (χ4v) is 6.24. The average Bonchev–Trinajstić information content (AvgIpc) is 3.32. The van der Waals surface area contributed by atoms with E-state index >= 15 is 0 Å². The Balaban J connectivity index is 1.61. The Labute approximate surface area is 164 Å². The second kappa shape index (κ2) is 8.49. The molecule has 2 fully saturated rings. The van der Waals surface area contributed by atoms with Crippen LogP contribution in [0.15, 0.2) is 15.4 Å². The predicted octanol–water partition coefficient (Wildman–Crippen LogP) is -0.236. The summed E-state index contributed by atoms with van der Waals surface area (Å²) in [6.07, 6.45) is 1.61. The number of rotatable bonds is 7. The first-order chi connectivity index (χ1) is 13.2. The standard InChI is InChI=1S/C16H25N3O7S2/c1-13-15(28(23,24)19-5-2-3-6-19)12-14(26-13)16(20)17-4-11-27(21,22)18-7-9-25-10-8-18/h12H,2-11H2,1H3,(H,17,20). The number of carbonyl (C=O) groups is 1. The summed E-state index contributed by atoms with van der Waals surface area (Å²) in [5.41, 5.74) is 0. The lowest BCUT2D eigenvalue weighted by molar-refractivity contribution is 0.0730. The Morgan fingerprint density at radius 3 is 2.36 bits per heavy atom. The maximum absolute atomic E-state index is 12.7. The molecule has 0 spiro atoms. The molecule has 3 heterocycles. The summed E-state index contributed by atoms with van der Waals surface area (Å²) >= 11 is 0. The van der Waals surface area contributed by atoms with Crippen LogP contribution in [0.5, 0.6) is 0 Å². The summed E-state index contributed by atoms with van der Waals surface area (Å²) in [4.78, 5) is 12.3. The van der Waals surface area contributed by atoms with E-state index in [1.165, 1.54) is 21.6 Å². The van der Waals surface area contributed by atoms with Crippen LogP contribution in [0.1, 0.15) is 29.2 Å². The van der Waals surface area contributed by atoms with Crippen LogP contribution in [0.25, 0.3) is 0 Å². The first-order valence-electron chi connectivity index (χ1n) is 9.16. The molecule has 10 nitrogen and oxygen atoms in total. The zero-order chi connectivity index (χ0) is 20.4. The lowest BCUT2D eigenvalue weighted by Crippen LogP contribution is -2.43. The molecule has 28 heavy (non-hydrogen) atoms. The van der Waals surface area contributed by atoms with Gasteiger partial charge in [0.15, 0.2) is 5.76 Å². The Hall–Kier alpha value is -1.47. The van der Waals surface area contributed by atoms with Gasteiger partial charge in [-0.2, -0.15) is 8.61 Å². The van der Waals surface area contributed by atoms with Crippen molar-refractivity contribution >= 4 is 26.0 Å². The van der Waals surface area contributed by atoms with Crippen LogP contribution < -0.4 is 5.32 Å². The van der Waals surface area contributed by atoms with Crippen LogP contribution in [0.2, 0.25) is 0 Å². The minimum Gasteiger partial charge on any atom is -0.455 e. The lowest BCUT2D eigenvalue weighted by atomic mass is 10.4. The van der Waals surface area contributed by atoms with Crippen LogP contribution in [0, 0.1) is 6.92 Å². The molecule has 1 aromatic heterocycles. The van der Waals surface area contributed by atoms with Gasteiger partial charge in [-0.3, -0.25) is 4.79 Å². The van der Waals surface area contributed by atoms with Gasteiger partial charge in [0.05, 0.1) is 19.0 Å². The first-order valence-corrected chi connectivity index (χ1v) is 12.2. The fourth-order valence-electron chi connectivity index (χ4n) is 3.24. The second-order valence-electron chi connectivity index (χ2n) is 6.73. The summed E-state index contributed by atoms with van der Waals surface area (Å²) in [5.74, 6) is -0.919. The molecule has 0 aliphatic carbocycles. The van der Waals surface area contributed by atoms with Crippen LogP contribution in [-0.2, 0) is 24.8 Å². The molecular formula is C16H25N3O7S2. The normalized spacial score (nSPS) is 19.8. The zero-order valence-corrected chi connectivity index (χ0v) is 17.4. The molecule has 2 saturated heterocycles. The van der Waals surface area contributed by atoms with Crippen molar-refractivity contribution < 1.29 is 30.8 Å². The first kappa shape index (κ1) is 21.2. The van der Waals surface area contributed by atoms with Gasteiger partial charge in [0, 0.05) is 38.8 Å². The van der Waals surface area contributed by atoms with Crippen molar-refractivity contribution in [2.75, 3.05) is 51.7 Å². The number of aryl methyl sites for hydroxylation is 1. The summed E-state index contributed by atoms with van der Waals surface area (Å²) in [6.45, 7) is 3.59. The summed E-state index contributed by atoms with van der Waals surface area (Å²) in [5, 5.41) is 2.48. The van der Waals surface area contributed by atoms with Gasteiger partial charge in [-0.15, -0.1) is 0 Å². The van der Waals surface area contributed by atoms with Gasteiger partial charge in [-0.05, 0) is 19.8 Å². The molecule has 1 N–H and O–H groups in total. The van der Waals surface area contributed by atoms with Crippen molar-refractivity contribution in [1.29, 1.82) is 0 Å². The average molecular weight is 436 g/mol. The number of furan rings is 1. The number of ether oxygens (including phenoxy) is 1. The number of morpholine rings is 1. The van der Waals surface area contributed by atoms with Crippen molar-refractivity contribution in [2.45, 2.75) is 24.7 Å². The quantitative estimate of drug-likeness (QED) is 0.626. The Kier molecular flexibility index (Phi) is 6.44. The maximum atomic E-state index is 12.7. The zero-order valence-electron chi connectivity index (χ0n) is 15.7. The van der Waals surface area contributed by atoms with Crippen molar-refractivity contribution in [3.63, 3.8) is 0 Å². The van der Waals surface area contributed by atoms with Gasteiger partial charge in [0.2, 0.25) is 20.0 Å². The highest BCUT2D eigenvalue weighted by molar-refractivity contribution is 7.89. The Morgan fingerprint density at radius 2 is 1.71 bits per heavy atom. The Morgan fingerprint density at radius 1 is 1.07 bits per heavy atom. The highest BCUT2D eigenvalue weighted by Crippen LogP contribution is 2.26. The summed E-state index contributed by atoms with van der Waals surface area (Å²) in [6, 6.07) is 1.20. The topological polar surface area (TPSA) is 126 Å². The van der Waals surface area contributed by atoms with Crippen LogP contribution in [0.3, 0.4) is 0 Å². The lowest BCUT2D eigenvalue weighted by Gasteiger charge is -2.25. The third kappa shape index (κ3) is 4.57. The molecule has 0 radical (unpaired) electrons. The van der Waals surface area contributed by atoms with Crippen LogP contribution in [-0.4, -0.2) is 83.0 Å². The van der Waals surface area contributed by atoms with Gasteiger partial charge in [0.25, 0.3) is 5.91 Å². The van der Waals surface area contributed by atoms with Crippen LogP contribution in [0.4, 0.5) is 0 Å². The number of hydrogen-bond acceptors (Lipinski definition) is 7. The largest absolute Gasteiger partial charge is 0.455 e. The van der Waals surface area contributed by atoms with Crippen molar-refractivity contribution in [3.05, 3.63) is 17.6 Å². The van der Waals surface area contributed by atoms with Crippen LogP contribution >= 0.6 is 0 Å². The smallest absolute Gasteiger partial charge is 0.287 e. The molecule has 0 saturated carbocycles. The third-order valence-corrected chi connectivity index (χ3v) is 8.67. The summed E-state index contributed by atoms with van der Waals surface area (Å²) < 4.78 is 63.0. The minimum absolute atomic E-state index is 0.0273. The molecule has 2 aliphatic heterocycles. The van der Waals surface area contributed by atoms with Gasteiger partial charge in [-0.25, -0.2) is 16.8 Å². The van der Waals surface area contributed by atoms with E-state index < -0.39 is 26.0 Å². The molecule has 0 bridgehead atoms. The highest BCUT2D eigenvalue weighted by Gasteiger charge is 2.32. The SMILES string of the molecule is Cc1oc(C(=O)NCCS(=O)(=O)N2CCOCC2)cc1S(=O)(=O)N1CCCC1. The summed E-state index contributed by atoms with van der Waals surface area (Å²) in [7, 11) is -7.19. The number of hydrogen-bond donors (Lipinski definition) is 1. The fraction of sp³-hybridized carbons (Fsp3) is 0.688. The second-order valence-corrected chi connectivity index (χ2v) is 10.7. The van der Waals surface area contributed by atoms with E-state index in [2.05, 4.69) is 5.32 Å². The molecular weight excluding hydrogens is 410 g/mol. The number of nitrogens with one attached hydrogen (secondary N) is 1. The monoisotopic (exact) mass is 435 g/mol. The van der Waals surface area contributed by atoms with E-state index in [0.29, 0.717) is 39.4 Å². The van der Waals surface area contributed by atoms with Crippen molar-refractivity contribution in [2.24, 2.45) is 0 Å². The van der Waals surface area contributed by atoms with E-state index in [0.717, 1.165) is 12.8 Å².